The van der Waals surface area contributed by atoms with Gasteiger partial charge in [0.15, 0.2) is 0 Å². The molecule has 1 heteroatoms. The van der Waals surface area contributed by atoms with Gasteiger partial charge >= 0.3 is 0 Å². The molecule has 0 heterocycles. The van der Waals surface area contributed by atoms with Gasteiger partial charge in [0.1, 0.15) is 0 Å². The fourth-order valence-electron chi connectivity index (χ4n) is 3.30. The van der Waals surface area contributed by atoms with Gasteiger partial charge in [-0.25, -0.2) is 0 Å². The Balaban J connectivity index is 2.65. The van der Waals surface area contributed by atoms with Gasteiger partial charge < -0.3 is 0 Å². The zero-order chi connectivity index (χ0) is 12.0. The maximum atomic E-state index is 9.54. The summed E-state index contributed by atoms with van der Waals surface area (Å²) in [7, 11) is 0. The van der Waals surface area contributed by atoms with Crippen LogP contribution in [0.2, 0.25) is 0 Å². The molecule has 1 saturated carbocycles. The van der Waals surface area contributed by atoms with E-state index in [0.717, 1.165) is 31.1 Å². The Kier molecular flexibility index (Phi) is 5.32. The molecule has 1 fully saturated rings. The van der Waals surface area contributed by atoms with Crippen LogP contribution in [-0.4, -0.2) is 0 Å². The summed E-state index contributed by atoms with van der Waals surface area (Å²) in [6.45, 7) is 6.80. The summed E-state index contributed by atoms with van der Waals surface area (Å²) >= 11 is 0. The van der Waals surface area contributed by atoms with Crippen molar-refractivity contribution in [2.75, 3.05) is 0 Å². The van der Waals surface area contributed by atoms with Crippen LogP contribution in [0.5, 0.6) is 0 Å². The molecule has 0 aliphatic heterocycles. The molecule has 0 aromatic rings. The molecule has 2 atom stereocenters. The van der Waals surface area contributed by atoms with E-state index in [2.05, 4.69) is 26.8 Å². The molecule has 0 saturated heterocycles. The van der Waals surface area contributed by atoms with E-state index in [9.17, 15) is 5.26 Å². The van der Waals surface area contributed by atoms with E-state index < -0.39 is 0 Å². The lowest BCUT2D eigenvalue weighted by atomic mass is 9.65. The number of hydrogen-bond acceptors (Lipinski definition) is 1. The van der Waals surface area contributed by atoms with Crippen LogP contribution in [0.15, 0.2) is 0 Å². The quantitative estimate of drug-likeness (QED) is 0.646. The summed E-state index contributed by atoms with van der Waals surface area (Å²) in [6, 6.07) is 2.68. The van der Waals surface area contributed by atoms with Gasteiger partial charge in [0.05, 0.1) is 11.5 Å². The Labute approximate surface area is 101 Å². The summed E-state index contributed by atoms with van der Waals surface area (Å²) in [6.07, 6.45) is 9.80. The van der Waals surface area contributed by atoms with Crippen molar-refractivity contribution in [2.24, 2.45) is 17.3 Å². The minimum atomic E-state index is 0.0234. The van der Waals surface area contributed by atoms with E-state index in [0.29, 0.717) is 0 Å². The first-order valence-corrected chi connectivity index (χ1v) is 7.11. The van der Waals surface area contributed by atoms with Gasteiger partial charge in [-0.05, 0) is 31.1 Å². The van der Waals surface area contributed by atoms with Crippen molar-refractivity contribution in [3.63, 3.8) is 0 Å². The molecule has 1 rings (SSSR count). The van der Waals surface area contributed by atoms with E-state index in [1.165, 1.54) is 32.1 Å². The Morgan fingerprint density at radius 1 is 1.31 bits per heavy atom. The van der Waals surface area contributed by atoms with Crippen LogP contribution in [0.4, 0.5) is 0 Å². The Morgan fingerprint density at radius 2 is 2.00 bits per heavy atom. The van der Waals surface area contributed by atoms with Crippen molar-refractivity contribution < 1.29 is 0 Å². The van der Waals surface area contributed by atoms with Crippen LogP contribution < -0.4 is 0 Å². The summed E-state index contributed by atoms with van der Waals surface area (Å²) in [4.78, 5) is 0. The second-order valence-corrected chi connectivity index (χ2v) is 5.65. The van der Waals surface area contributed by atoms with Crippen molar-refractivity contribution in [3.8, 4) is 6.07 Å². The number of hydrogen-bond donors (Lipinski definition) is 0. The SMILES string of the molecule is CCC(CC)CC1(C#N)CCCC(CC)C1. The van der Waals surface area contributed by atoms with Crippen LogP contribution in [0, 0.1) is 28.6 Å². The third-order valence-electron chi connectivity index (χ3n) is 4.60. The molecule has 1 aliphatic carbocycles. The summed E-state index contributed by atoms with van der Waals surface area (Å²) in [5.41, 5.74) is 0.0234. The molecule has 1 nitrogen and oxygen atoms in total. The predicted octanol–water partition coefficient (Wildman–Crippen LogP) is 4.92. The largest absolute Gasteiger partial charge is 0.198 e. The number of rotatable bonds is 5. The third-order valence-corrected chi connectivity index (χ3v) is 4.60. The molecule has 1 aliphatic rings. The molecule has 0 aromatic carbocycles. The molecule has 0 amide bonds. The maximum absolute atomic E-state index is 9.54. The fraction of sp³-hybridized carbons (Fsp3) is 0.933. The Bertz CT molecular complexity index is 236. The highest BCUT2D eigenvalue weighted by Gasteiger charge is 2.37. The lowest BCUT2D eigenvalue weighted by molar-refractivity contribution is 0.154. The van der Waals surface area contributed by atoms with Gasteiger partial charge in [-0.2, -0.15) is 5.26 Å². The van der Waals surface area contributed by atoms with Crippen molar-refractivity contribution in [3.05, 3.63) is 0 Å². The van der Waals surface area contributed by atoms with Crippen molar-refractivity contribution in [1.29, 1.82) is 5.26 Å². The van der Waals surface area contributed by atoms with E-state index in [4.69, 9.17) is 0 Å². The average molecular weight is 221 g/mol. The third kappa shape index (κ3) is 3.24. The van der Waals surface area contributed by atoms with Crippen LogP contribution in [0.1, 0.15) is 72.1 Å². The van der Waals surface area contributed by atoms with Gasteiger partial charge in [0.2, 0.25) is 0 Å². The van der Waals surface area contributed by atoms with Crippen LogP contribution in [-0.2, 0) is 0 Å². The Morgan fingerprint density at radius 3 is 2.50 bits per heavy atom. The second kappa shape index (κ2) is 6.28. The lowest BCUT2D eigenvalue weighted by Crippen LogP contribution is -2.29. The van der Waals surface area contributed by atoms with Gasteiger partial charge in [0, 0.05) is 0 Å². The highest BCUT2D eigenvalue weighted by molar-refractivity contribution is 5.02. The van der Waals surface area contributed by atoms with Crippen molar-refractivity contribution >= 4 is 0 Å². The minimum absolute atomic E-state index is 0.0234. The van der Waals surface area contributed by atoms with Gasteiger partial charge in [0.25, 0.3) is 0 Å². The second-order valence-electron chi connectivity index (χ2n) is 5.65. The molecule has 16 heavy (non-hydrogen) atoms. The summed E-state index contributed by atoms with van der Waals surface area (Å²) in [5, 5.41) is 9.54. The molecular formula is C15H27N. The standard InChI is InChI=1S/C15H27N/c1-4-13(5-2)10-15(12-16)9-7-8-14(6-3)11-15/h13-14H,4-11H2,1-3H3. The smallest absolute Gasteiger partial charge is 0.0689 e. The predicted molar refractivity (Wildman–Crippen MR) is 69.0 cm³/mol. The van der Waals surface area contributed by atoms with Crippen molar-refractivity contribution in [2.45, 2.75) is 72.1 Å². The minimum Gasteiger partial charge on any atom is -0.198 e. The zero-order valence-electron chi connectivity index (χ0n) is 11.3. The fourth-order valence-corrected chi connectivity index (χ4v) is 3.30. The molecule has 92 valence electrons. The molecule has 0 aromatic heterocycles. The maximum Gasteiger partial charge on any atom is 0.0689 e. The van der Waals surface area contributed by atoms with E-state index in [-0.39, 0.29) is 5.41 Å². The van der Waals surface area contributed by atoms with Gasteiger partial charge in [-0.1, -0.05) is 52.9 Å². The average Bonchev–Trinajstić information content (AvgIpc) is 2.36. The topological polar surface area (TPSA) is 23.8 Å². The lowest BCUT2D eigenvalue weighted by Gasteiger charge is -2.37. The van der Waals surface area contributed by atoms with Crippen LogP contribution in [0.25, 0.3) is 0 Å². The normalized spacial score (nSPS) is 30.3. The molecule has 2 unspecified atom stereocenters. The zero-order valence-corrected chi connectivity index (χ0v) is 11.3. The van der Waals surface area contributed by atoms with Gasteiger partial charge in [-0.15, -0.1) is 0 Å². The highest BCUT2D eigenvalue weighted by Crippen LogP contribution is 2.45. The molecule has 0 N–H and O–H groups in total. The monoisotopic (exact) mass is 221 g/mol. The van der Waals surface area contributed by atoms with E-state index >= 15 is 0 Å². The van der Waals surface area contributed by atoms with Crippen molar-refractivity contribution in [1.82, 2.24) is 0 Å². The molecular weight excluding hydrogens is 194 g/mol. The van der Waals surface area contributed by atoms with E-state index in [1.54, 1.807) is 0 Å². The first kappa shape index (κ1) is 13.6. The molecule has 0 radical (unpaired) electrons. The Hall–Kier alpha value is -0.510. The van der Waals surface area contributed by atoms with E-state index in [1.807, 2.05) is 0 Å². The first-order chi connectivity index (χ1) is 7.69. The highest BCUT2D eigenvalue weighted by atomic mass is 14.4. The molecule has 0 bridgehead atoms. The number of nitriles is 1. The van der Waals surface area contributed by atoms with Crippen LogP contribution in [0.3, 0.4) is 0 Å². The summed E-state index contributed by atoms with van der Waals surface area (Å²) in [5.74, 6) is 1.57. The number of nitrogens with zero attached hydrogens (tertiary/aromatic N) is 1. The molecule has 0 spiro atoms. The van der Waals surface area contributed by atoms with Crippen LogP contribution >= 0.6 is 0 Å². The van der Waals surface area contributed by atoms with Gasteiger partial charge in [-0.3, -0.25) is 0 Å². The first-order valence-electron chi connectivity index (χ1n) is 7.11. The summed E-state index contributed by atoms with van der Waals surface area (Å²) < 4.78 is 0.